The van der Waals surface area contributed by atoms with Gasteiger partial charge in [-0.3, -0.25) is 15.4 Å². The largest absolute Gasteiger partial charge is 0.573 e. The molecule has 15 heteroatoms. The number of alkyl halides is 3. The number of anilines is 2. The maximum atomic E-state index is 12.7. The predicted octanol–water partition coefficient (Wildman–Crippen LogP) is 2.21. The fraction of sp³-hybridized carbons (Fsp3) is 0.357. The SMILES string of the molecule is COCCOC(=O)Nc1c(OC(F)(F)F)ccc(C(=O)Nc2nnnn2C)c1Cl. The highest BCUT2D eigenvalue weighted by molar-refractivity contribution is 6.37. The number of aromatic nitrogens is 4. The number of carbonyl (C=O) groups excluding carboxylic acids is 2. The molecular formula is C14H14ClF3N6O5. The van der Waals surface area contributed by atoms with Crippen LogP contribution in [-0.2, 0) is 16.5 Å². The summed E-state index contributed by atoms with van der Waals surface area (Å²) >= 11 is 6.06. The van der Waals surface area contributed by atoms with Gasteiger partial charge in [0.05, 0.1) is 17.2 Å². The Morgan fingerprint density at radius 3 is 2.55 bits per heavy atom. The Kier molecular flexibility index (Phi) is 7.17. The maximum absolute atomic E-state index is 12.7. The number of carbonyl (C=O) groups is 2. The molecule has 0 bridgehead atoms. The summed E-state index contributed by atoms with van der Waals surface area (Å²) in [5, 5.41) is 14.2. The molecule has 0 fully saturated rings. The molecule has 2 aromatic rings. The van der Waals surface area contributed by atoms with Crippen molar-refractivity contribution in [2.75, 3.05) is 31.0 Å². The van der Waals surface area contributed by atoms with E-state index in [0.29, 0.717) is 0 Å². The first-order valence-electron chi connectivity index (χ1n) is 7.67. The van der Waals surface area contributed by atoms with Gasteiger partial charge in [0.1, 0.15) is 12.3 Å². The van der Waals surface area contributed by atoms with Crippen LogP contribution in [0, 0.1) is 0 Å². The van der Waals surface area contributed by atoms with Crippen LogP contribution < -0.4 is 15.4 Å². The van der Waals surface area contributed by atoms with Crippen LogP contribution in [0.3, 0.4) is 0 Å². The number of ether oxygens (including phenoxy) is 3. The molecule has 0 saturated heterocycles. The van der Waals surface area contributed by atoms with E-state index in [1.54, 1.807) is 0 Å². The molecule has 0 unspecified atom stereocenters. The summed E-state index contributed by atoms with van der Waals surface area (Å²) in [5.74, 6) is -1.74. The van der Waals surface area contributed by atoms with Gasteiger partial charge in [-0.05, 0) is 22.6 Å². The van der Waals surface area contributed by atoms with Crippen LogP contribution in [0.4, 0.5) is 29.6 Å². The quantitative estimate of drug-likeness (QED) is 0.629. The van der Waals surface area contributed by atoms with Gasteiger partial charge in [-0.15, -0.1) is 13.2 Å². The Labute approximate surface area is 166 Å². The molecule has 2 amide bonds. The highest BCUT2D eigenvalue weighted by Crippen LogP contribution is 2.38. The van der Waals surface area contributed by atoms with Crippen molar-refractivity contribution in [2.24, 2.45) is 7.05 Å². The molecule has 0 aliphatic heterocycles. The average molecular weight is 439 g/mol. The van der Waals surface area contributed by atoms with Crippen LogP contribution in [-0.4, -0.2) is 58.9 Å². The van der Waals surface area contributed by atoms with Gasteiger partial charge in [0.2, 0.25) is 5.95 Å². The van der Waals surface area contributed by atoms with E-state index in [1.165, 1.54) is 14.2 Å². The molecule has 11 nitrogen and oxygen atoms in total. The van der Waals surface area contributed by atoms with Crippen molar-refractivity contribution in [1.29, 1.82) is 0 Å². The Balaban J connectivity index is 2.32. The minimum atomic E-state index is -5.08. The average Bonchev–Trinajstić information content (AvgIpc) is 3.02. The van der Waals surface area contributed by atoms with E-state index < -0.39 is 34.8 Å². The number of benzene rings is 1. The van der Waals surface area contributed by atoms with Crippen molar-refractivity contribution in [3.63, 3.8) is 0 Å². The van der Waals surface area contributed by atoms with E-state index in [-0.39, 0.29) is 24.7 Å². The Morgan fingerprint density at radius 1 is 1.24 bits per heavy atom. The lowest BCUT2D eigenvalue weighted by Crippen LogP contribution is -2.22. The number of aryl methyl sites for hydroxylation is 1. The second kappa shape index (κ2) is 9.38. The molecule has 0 saturated carbocycles. The third kappa shape index (κ3) is 6.18. The van der Waals surface area contributed by atoms with Gasteiger partial charge in [0.15, 0.2) is 5.75 Å². The lowest BCUT2D eigenvalue weighted by molar-refractivity contribution is -0.274. The van der Waals surface area contributed by atoms with Gasteiger partial charge in [-0.25, -0.2) is 9.48 Å². The number of halogens is 4. The number of hydrogen-bond donors (Lipinski definition) is 2. The summed E-state index contributed by atoms with van der Waals surface area (Å²) < 4.78 is 52.4. The molecular weight excluding hydrogens is 425 g/mol. The highest BCUT2D eigenvalue weighted by Gasteiger charge is 2.34. The first-order valence-corrected chi connectivity index (χ1v) is 8.05. The molecule has 0 atom stereocenters. The number of tetrazole rings is 1. The van der Waals surface area contributed by atoms with Crippen LogP contribution >= 0.6 is 11.6 Å². The summed E-state index contributed by atoms with van der Waals surface area (Å²) in [7, 11) is 2.81. The van der Waals surface area contributed by atoms with Gasteiger partial charge in [0, 0.05) is 14.2 Å². The van der Waals surface area contributed by atoms with Gasteiger partial charge in [0.25, 0.3) is 5.91 Å². The molecule has 29 heavy (non-hydrogen) atoms. The summed E-state index contributed by atoms with van der Waals surface area (Å²) in [4.78, 5) is 24.2. The summed E-state index contributed by atoms with van der Waals surface area (Å²) in [6, 6.07) is 1.79. The first-order chi connectivity index (χ1) is 13.6. The number of nitrogens with one attached hydrogen (secondary N) is 2. The third-order valence-electron chi connectivity index (χ3n) is 3.17. The van der Waals surface area contributed by atoms with E-state index in [4.69, 9.17) is 21.1 Å². The molecule has 1 aromatic carbocycles. The maximum Gasteiger partial charge on any atom is 0.573 e. The smallest absolute Gasteiger partial charge is 0.447 e. The molecule has 2 rings (SSSR count). The van der Waals surface area contributed by atoms with E-state index in [2.05, 4.69) is 25.6 Å². The highest BCUT2D eigenvalue weighted by atomic mass is 35.5. The van der Waals surface area contributed by atoms with Crippen LogP contribution in [0.25, 0.3) is 0 Å². The van der Waals surface area contributed by atoms with Gasteiger partial charge < -0.3 is 14.2 Å². The number of rotatable bonds is 7. The molecule has 2 N–H and O–H groups in total. The van der Waals surface area contributed by atoms with E-state index in [0.717, 1.165) is 16.8 Å². The summed E-state index contributed by atoms with van der Waals surface area (Å²) in [6.07, 6.45) is -6.21. The Morgan fingerprint density at radius 2 is 1.97 bits per heavy atom. The van der Waals surface area contributed by atoms with Crippen LogP contribution in [0.2, 0.25) is 5.02 Å². The number of methoxy groups -OCH3 is 1. The van der Waals surface area contributed by atoms with Crippen LogP contribution in [0.1, 0.15) is 10.4 Å². The van der Waals surface area contributed by atoms with E-state index in [9.17, 15) is 22.8 Å². The standard InChI is InChI=1S/C14H14ClF3N6O5/c1-24-12(21-22-23-24)20-11(25)7-3-4-8(29-14(16,17)18)10(9(7)15)19-13(26)28-6-5-27-2/h3-4H,5-6H2,1-2H3,(H,19,26)(H,20,21,23,25). The fourth-order valence-corrected chi connectivity index (χ4v) is 2.21. The molecule has 1 heterocycles. The van der Waals surface area contributed by atoms with E-state index >= 15 is 0 Å². The predicted molar refractivity (Wildman–Crippen MR) is 91.7 cm³/mol. The van der Waals surface area contributed by atoms with Crippen molar-refractivity contribution < 1.29 is 37.0 Å². The monoisotopic (exact) mass is 438 g/mol. The zero-order valence-corrected chi connectivity index (χ0v) is 15.7. The second-order valence-corrected chi connectivity index (χ2v) is 5.56. The number of amides is 2. The zero-order chi connectivity index (χ0) is 21.6. The van der Waals surface area contributed by atoms with Crippen LogP contribution in [0.5, 0.6) is 5.75 Å². The van der Waals surface area contributed by atoms with Gasteiger partial charge >= 0.3 is 12.5 Å². The van der Waals surface area contributed by atoms with Crippen LogP contribution in [0.15, 0.2) is 12.1 Å². The zero-order valence-electron chi connectivity index (χ0n) is 14.9. The van der Waals surface area contributed by atoms with Crippen molar-refractivity contribution >= 4 is 35.2 Å². The lowest BCUT2D eigenvalue weighted by atomic mass is 10.1. The third-order valence-corrected chi connectivity index (χ3v) is 3.56. The molecule has 0 aliphatic carbocycles. The number of nitrogens with zero attached hydrogens (tertiary/aromatic N) is 4. The first kappa shape index (κ1) is 22.2. The number of hydrogen-bond acceptors (Lipinski definition) is 8. The normalized spacial score (nSPS) is 11.1. The minimum Gasteiger partial charge on any atom is -0.447 e. The molecule has 1 aromatic heterocycles. The fourth-order valence-electron chi connectivity index (χ4n) is 1.92. The molecule has 0 aliphatic rings. The Bertz CT molecular complexity index is 891. The van der Waals surface area contributed by atoms with E-state index in [1.807, 2.05) is 5.32 Å². The van der Waals surface area contributed by atoms with Gasteiger partial charge in [-0.2, -0.15) is 0 Å². The summed E-state index contributed by atoms with van der Waals surface area (Å²) in [5.41, 5.74) is -0.897. The van der Waals surface area contributed by atoms with Crippen molar-refractivity contribution in [3.8, 4) is 5.75 Å². The summed E-state index contributed by atoms with van der Waals surface area (Å²) in [6.45, 7) is -0.115. The Hall–Kier alpha value is -3.13. The minimum absolute atomic E-state index is 0.0461. The lowest BCUT2D eigenvalue weighted by Gasteiger charge is -2.17. The second-order valence-electron chi connectivity index (χ2n) is 5.18. The topological polar surface area (TPSA) is 129 Å². The molecule has 0 spiro atoms. The van der Waals surface area contributed by atoms with Gasteiger partial charge in [-0.1, -0.05) is 16.7 Å². The molecule has 0 radical (unpaired) electrons. The molecule has 158 valence electrons. The van der Waals surface area contributed by atoms with Crippen molar-refractivity contribution in [1.82, 2.24) is 20.2 Å². The van der Waals surface area contributed by atoms with Crippen molar-refractivity contribution in [3.05, 3.63) is 22.7 Å². The van der Waals surface area contributed by atoms with Crippen molar-refractivity contribution in [2.45, 2.75) is 6.36 Å².